The van der Waals surface area contributed by atoms with Crippen LogP contribution >= 0.6 is 0 Å². The van der Waals surface area contributed by atoms with Gasteiger partial charge in [-0.25, -0.2) is 0 Å². The molecule has 128 valence electrons. The van der Waals surface area contributed by atoms with Crippen LogP contribution in [0.2, 0.25) is 0 Å². The van der Waals surface area contributed by atoms with Gasteiger partial charge in [0.2, 0.25) is 12.5 Å². The molecule has 0 atom stereocenters. The largest absolute Gasteiger partial charge is 0.496 e. The average Bonchev–Trinajstić information content (AvgIpc) is 3.02. The van der Waals surface area contributed by atoms with Crippen LogP contribution in [0.25, 0.3) is 10.9 Å². The van der Waals surface area contributed by atoms with Crippen molar-refractivity contribution in [3.63, 3.8) is 0 Å². The summed E-state index contributed by atoms with van der Waals surface area (Å²) >= 11 is 0. The van der Waals surface area contributed by atoms with E-state index in [-0.39, 0.29) is 12.4 Å². The molecule has 1 aromatic carbocycles. The molecule has 0 aliphatic carbocycles. The first-order chi connectivity index (χ1) is 11.5. The molecule has 0 spiro atoms. The highest BCUT2D eigenvalue weighted by atomic mass is 16.7. The van der Waals surface area contributed by atoms with Crippen LogP contribution in [0, 0.1) is 0 Å². The lowest BCUT2D eigenvalue weighted by Gasteiger charge is -2.17. The maximum atomic E-state index is 12.9. The smallest absolute Gasteiger partial charge is 0.258 e. The molecule has 0 radical (unpaired) electrons. The van der Waals surface area contributed by atoms with Crippen LogP contribution < -0.4 is 24.5 Å². The molecular formula is C18H21NO5. The Hall–Kier alpha value is -2.63. The van der Waals surface area contributed by atoms with Gasteiger partial charge in [-0.3, -0.25) is 4.79 Å². The maximum absolute atomic E-state index is 12.9. The molecule has 3 rings (SSSR count). The molecule has 1 aliphatic heterocycles. The van der Waals surface area contributed by atoms with E-state index in [1.54, 1.807) is 25.8 Å². The third-order valence-electron chi connectivity index (χ3n) is 4.13. The molecule has 6 heteroatoms. The van der Waals surface area contributed by atoms with Crippen LogP contribution in [0.3, 0.4) is 0 Å². The number of aryl methyl sites for hydroxylation is 1. The summed E-state index contributed by atoms with van der Waals surface area (Å²) in [5, 5.41) is 0.762. The summed E-state index contributed by atoms with van der Waals surface area (Å²) < 4.78 is 23.7. The molecule has 2 heterocycles. The summed E-state index contributed by atoms with van der Waals surface area (Å²) in [6.45, 7) is 4.13. The van der Waals surface area contributed by atoms with Crippen molar-refractivity contribution in [1.82, 2.24) is 4.57 Å². The minimum atomic E-state index is -0.117. The predicted molar refractivity (Wildman–Crippen MR) is 91.6 cm³/mol. The van der Waals surface area contributed by atoms with Crippen LogP contribution in [0.15, 0.2) is 22.5 Å². The van der Waals surface area contributed by atoms with Crippen molar-refractivity contribution in [1.29, 1.82) is 0 Å². The van der Waals surface area contributed by atoms with Crippen LogP contribution in [0.1, 0.15) is 19.4 Å². The Morgan fingerprint density at radius 3 is 2.58 bits per heavy atom. The van der Waals surface area contributed by atoms with E-state index < -0.39 is 0 Å². The zero-order valence-electron chi connectivity index (χ0n) is 14.6. The fourth-order valence-electron chi connectivity index (χ4n) is 2.98. The Morgan fingerprint density at radius 1 is 1.25 bits per heavy atom. The number of ether oxygens (including phenoxy) is 4. The highest BCUT2D eigenvalue weighted by Gasteiger charge is 2.27. The van der Waals surface area contributed by atoms with E-state index in [1.807, 2.05) is 26.0 Å². The van der Waals surface area contributed by atoms with Crippen molar-refractivity contribution in [2.75, 3.05) is 21.0 Å². The molecule has 24 heavy (non-hydrogen) atoms. The van der Waals surface area contributed by atoms with E-state index in [4.69, 9.17) is 18.9 Å². The van der Waals surface area contributed by atoms with Crippen molar-refractivity contribution < 1.29 is 18.9 Å². The quantitative estimate of drug-likeness (QED) is 0.806. The third kappa shape index (κ3) is 2.38. The molecule has 1 aliphatic rings. The predicted octanol–water partition coefficient (Wildman–Crippen LogP) is 2.79. The van der Waals surface area contributed by atoms with Gasteiger partial charge in [-0.15, -0.1) is 0 Å². The Labute approximate surface area is 140 Å². The number of hydrogen-bond donors (Lipinski definition) is 0. The summed E-state index contributed by atoms with van der Waals surface area (Å²) in [4.78, 5) is 12.9. The van der Waals surface area contributed by atoms with Crippen molar-refractivity contribution >= 4 is 10.9 Å². The molecular weight excluding hydrogens is 310 g/mol. The Bertz CT molecular complexity index is 891. The molecule has 6 nitrogen and oxygen atoms in total. The number of benzene rings is 1. The molecule has 0 saturated carbocycles. The third-order valence-corrected chi connectivity index (χ3v) is 4.13. The number of nitrogens with zero attached hydrogens (tertiary/aromatic N) is 1. The fourth-order valence-corrected chi connectivity index (χ4v) is 2.98. The number of pyridine rings is 1. The highest BCUT2D eigenvalue weighted by Crippen LogP contribution is 2.48. The average molecular weight is 331 g/mol. The van der Waals surface area contributed by atoms with E-state index in [0.29, 0.717) is 40.5 Å². The fraction of sp³-hybridized carbons (Fsp3) is 0.389. The van der Waals surface area contributed by atoms with E-state index in [2.05, 4.69) is 0 Å². The van der Waals surface area contributed by atoms with Gasteiger partial charge in [-0.1, -0.05) is 11.6 Å². The lowest BCUT2D eigenvalue weighted by Crippen LogP contribution is -2.23. The standard InChI is InChI=1S/C18H21NO5/c1-10(2)6-7-11-15(21-4)12-8-13-16(24-9-23-13)17(22-5)14(12)19(3)18(11)20/h6,8H,7,9H2,1-5H3. The molecule has 0 N–H and O–H groups in total. The van der Waals surface area contributed by atoms with Crippen molar-refractivity contribution in [3.8, 4) is 23.0 Å². The molecule has 2 aromatic rings. The number of methoxy groups -OCH3 is 2. The van der Waals surface area contributed by atoms with E-state index in [0.717, 1.165) is 11.0 Å². The second kappa shape index (κ2) is 6.11. The molecule has 0 unspecified atom stereocenters. The van der Waals surface area contributed by atoms with E-state index >= 15 is 0 Å². The van der Waals surface area contributed by atoms with Gasteiger partial charge in [0.1, 0.15) is 11.3 Å². The van der Waals surface area contributed by atoms with Crippen molar-refractivity contribution in [2.45, 2.75) is 20.3 Å². The zero-order valence-corrected chi connectivity index (χ0v) is 14.6. The van der Waals surface area contributed by atoms with Crippen molar-refractivity contribution in [3.05, 3.63) is 33.6 Å². The minimum Gasteiger partial charge on any atom is -0.496 e. The van der Waals surface area contributed by atoms with E-state index in [1.165, 1.54) is 0 Å². The second-order valence-electron chi connectivity index (χ2n) is 5.90. The summed E-state index contributed by atoms with van der Waals surface area (Å²) in [7, 11) is 4.84. The second-order valence-corrected chi connectivity index (χ2v) is 5.90. The highest BCUT2D eigenvalue weighted by molar-refractivity contribution is 5.95. The Balaban J connectivity index is 2.42. The van der Waals surface area contributed by atoms with Crippen molar-refractivity contribution in [2.24, 2.45) is 7.05 Å². The minimum absolute atomic E-state index is 0.117. The summed E-state index contributed by atoms with van der Waals surface area (Å²) in [6.07, 6.45) is 2.51. The number of allylic oxidation sites excluding steroid dienone is 2. The number of rotatable bonds is 4. The molecule has 0 fully saturated rings. The number of aromatic nitrogens is 1. The van der Waals surface area contributed by atoms with Gasteiger partial charge in [0.05, 0.1) is 19.8 Å². The van der Waals surface area contributed by atoms with Gasteiger partial charge < -0.3 is 23.5 Å². The Kier molecular flexibility index (Phi) is 4.13. The van der Waals surface area contributed by atoms with Crippen LogP contribution in [0.5, 0.6) is 23.0 Å². The van der Waals surface area contributed by atoms with Gasteiger partial charge in [-0.2, -0.15) is 0 Å². The summed E-state index contributed by atoms with van der Waals surface area (Å²) in [6, 6.07) is 1.84. The zero-order chi connectivity index (χ0) is 17.4. The monoisotopic (exact) mass is 331 g/mol. The first-order valence-corrected chi connectivity index (χ1v) is 7.69. The van der Waals surface area contributed by atoms with Gasteiger partial charge in [0.25, 0.3) is 5.56 Å². The first kappa shape index (κ1) is 16.2. The van der Waals surface area contributed by atoms with Crippen LogP contribution in [-0.4, -0.2) is 25.6 Å². The molecule has 0 amide bonds. The number of hydrogen-bond acceptors (Lipinski definition) is 5. The first-order valence-electron chi connectivity index (χ1n) is 7.69. The Morgan fingerprint density at radius 2 is 1.96 bits per heavy atom. The van der Waals surface area contributed by atoms with Gasteiger partial charge in [0, 0.05) is 12.4 Å². The lowest BCUT2D eigenvalue weighted by atomic mass is 10.0. The SMILES string of the molecule is COc1c(CC=C(C)C)c(=O)n(C)c2c(OC)c3c(cc12)OCO3. The maximum Gasteiger partial charge on any atom is 0.258 e. The van der Waals surface area contributed by atoms with Crippen LogP contribution in [-0.2, 0) is 13.5 Å². The molecule has 1 aromatic heterocycles. The summed E-state index contributed by atoms with van der Waals surface area (Å²) in [5.74, 6) is 2.12. The van der Waals surface area contributed by atoms with Gasteiger partial charge >= 0.3 is 0 Å². The molecule has 0 saturated heterocycles. The number of fused-ring (bicyclic) bond motifs is 2. The van der Waals surface area contributed by atoms with Gasteiger partial charge in [0.15, 0.2) is 11.5 Å². The topological polar surface area (TPSA) is 58.9 Å². The lowest BCUT2D eigenvalue weighted by molar-refractivity contribution is 0.171. The summed E-state index contributed by atoms with van der Waals surface area (Å²) in [5.41, 5.74) is 2.26. The van der Waals surface area contributed by atoms with Crippen LogP contribution in [0.4, 0.5) is 0 Å². The molecule has 0 bridgehead atoms. The van der Waals surface area contributed by atoms with Gasteiger partial charge in [-0.05, 0) is 26.3 Å². The van der Waals surface area contributed by atoms with E-state index in [9.17, 15) is 4.79 Å². The normalized spacial score (nSPS) is 12.4.